The summed E-state index contributed by atoms with van der Waals surface area (Å²) >= 11 is 0. The van der Waals surface area contributed by atoms with Crippen molar-refractivity contribution in [2.24, 2.45) is 0 Å². The van der Waals surface area contributed by atoms with Crippen molar-refractivity contribution in [3.05, 3.63) is 72.4 Å². The molecule has 32 heavy (non-hydrogen) atoms. The number of benzene rings is 2. The lowest BCUT2D eigenvalue weighted by atomic mass is 10.0. The van der Waals surface area contributed by atoms with Crippen molar-refractivity contribution < 1.29 is 4.74 Å². The fourth-order valence-electron chi connectivity index (χ4n) is 3.82. The van der Waals surface area contributed by atoms with Crippen molar-refractivity contribution in [2.45, 2.75) is 25.8 Å². The molecule has 0 bridgehead atoms. The van der Waals surface area contributed by atoms with Gasteiger partial charge in [0.1, 0.15) is 11.6 Å². The molecule has 1 aliphatic rings. The van der Waals surface area contributed by atoms with E-state index in [1.807, 2.05) is 37.3 Å². The number of nitrogens with zero attached hydrogens (tertiary/aromatic N) is 3. The van der Waals surface area contributed by atoms with E-state index in [1.54, 1.807) is 0 Å². The SMILES string of the molecule is Cc1cc(Nc2cc(NC3CCOCC3)nc(-c3ccc(-c4ccccc4)cc3)n2)n[nH]1. The van der Waals surface area contributed by atoms with Crippen LogP contribution in [0.2, 0.25) is 0 Å². The van der Waals surface area contributed by atoms with E-state index < -0.39 is 0 Å². The molecule has 0 saturated carbocycles. The van der Waals surface area contributed by atoms with Crippen molar-refractivity contribution in [1.29, 1.82) is 0 Å². The van der Waals surface area contributed by atoms with Crippen LogP contribution >= 0.6 is 0 Å². The third kappa shape index (κ3) is 4.78. The summed E-state index contributed by atoms with van der Waals surface area (Å²) in [5.74, 6) is 2.88. The van der Waals surface area contributed by atoms with E-state index in [4.69, 9.17) is 14.7 Å². The van der Waals surface area contributed by atoms with Crippen LogP contribution in [-0.2, 0) is 4.74 Å². The lowest BCUT2D eigenvalue weighted by Crippen LogP contribution is -2.28. The minimum atomic E-state index is 0.340. The van der Waals surface area contributed by atoms with E-state index in [0.717, 1.165) is 54.5 Å². The summed E-state index contributed by atoms with van der Waals surface area (Å²) in [6.45, 7) is 3.51. The molecule has 0 aliphatic carbocycles. The Hall–Kier alpha value is -3.71. The second kappa shape index (κ2) is 9.20. The summed E-state index contributed by atoms with van der Waals surface area (Å²) in [4.78, 5) is 9.58. The molecule has 0 spiro atoms. The number of hydrogen-bond acceptors (Lipinski definition) is 6. The topological polar surface area (TPSA) is 87.8 Å². The minimum absolute atomic E-state index is 0.340. The van der Waals surface area contributed by atoms with Gasteiger partial charge in [0.25, 0.3) is 0 Å². The van der Waals surface area contributed by atoms with Gasteiger partial charge in [0.15, 0.2) is 11.6 Å². The largest absolute Gasteiger partial charge is 0.381 e. The number of anilines is 3. The van der Waals surface area contributed by atoms with Gasteiger partial charge in [-0.05, 0) is 30.9 Å². The van der Waals surface area contributed by atoms with E-state index >= 15 is 0 Å². The van der Waals surface area contributed by atoms with E-state index in [2.05, 4.69) is 57.2 Å². The number of aromatic amines is 1. The van der Waals surface area contributed by atoms with E-state index in [-0.39, 0.29) is 0 Å². The maximum Gasteiger partial charge on any atom is 0.163 e. The second-order valence-corrected chi connectivity index (χ2v) is 8.00. The standard InChI is InChI=1S/C25H26N6O/c1-17-15-24(31-30-17)27-23-16-22(26-21-11-13-32-14-12-21)28-25(29-23)20-9-7-19(8-10-20)18-5-3-2-4-6-18/h2-10,15-16,21H,11-14H2,1H3,(H3,26,27,28,29,30,31). The van der Waals surface area contributed by atoms with Crippen molar-refractivity contribution in [3.8, 4) is 22.5 Å². The summed E-state index contributed by atoms with van der Waals surface area (Å²) in [5, 5.41) is 14.1. The number of hydrogen-bond donors (Lipinski definition) is 3. The van der Waals surface area contributed by atoms with Gasteiger partial charge in [-0.25, -0.2) is 9.97 Å². The number of rotatable bonds is 6. The second-order valence-electron chi connectivity index (χ2n) is 8.00. The molecule has 0 atom stereocenters. The minimum Gasteiger partial charge on any atom is -0.381 e. The van der Waals surface area contributed by atoms with Crippen LogP contribution in [0.3, 0.4) is 0 Å². The predicted molar refractivity (Wildman–Crippen MR) is 127 cm³/mol. The summed E-state index contributed by atoms with van der Waals surface area (Å²) in [5.41, 5.74) is 4.29. The molecule has 7 heteroatoms. The number of aromatic nitrogens is 4. The molecule has 0 radical (unpaired) electrons. The van der Waals surface area contributed by atoms with Gasteiger partial charge in [0.2, 0.25) is 0 Å². The van der Waals surface area contributed by atoms with E-state index in [0.29, 0.717) is 17.7 Å². The van der Waals surface area contributed by atoms with Gasteiger partial charge < -0.3 is 15.4 Å². The summed E-state index contributed by atoms with van der Waals surface area (Å²) in [7, 11) is 0. The Morgan fingerprint density at radius 2 is 1.50 bits per heavy atom. The molecule has 1 aliphatic heterocycles. The first-order valence-electron chi connectivity index (χ1n) is 10.9. The van der Waals surface area contributed by atoms with Crippen molar-refractivity contribution >= 4 is 17.5 Å². The van der Waals surface area contributed by atoms with Gasteiger partial charge in [-0.1, -0.05) is 54.6 Å². The molecule has 4 aromatic rings. The third-order valence-electron chi connectivity index (χ3n) is 5.51. The zero-order valence-electron chi connectivity index (χ0n) is 18.0. The molecule has 3 heterocycles. The molecule has 2 aromatic carbocycles. The number of ether oxygens (including phenoxy) is 1. The zero-order valence-corrected chi connectivity index (χ0v) is 18.0. The first-order valence-corrected chi connectivity index (χ1v) is 10.9. The van der Waals surface area contributed by atoms with Crippen LogP contribution in [0.4, 0.5) is 17.5 Å². The Morgan fingerprint density at radius 1 is 0.812 bits per heavy atom. The first kappa shape index (κ1) is 20.2. The molecule has 1 saturated heterocycles. The molecule has 1 fully saturated rings. The highest BCUT2D eigenvalue weighted by Gasteiger charge is 2.16. The van der Waals surface area contributed by atoms with Crippen LogP contribution in [0.15, 0.2) is 66.7 Å². The van der Waals surface area contributed by atoms with Gasteiger partial charge in [-0.15, -0.1) is 0 Å². The van der Waals surface area contributed by atoms with Crippen LogP contribution in [0, 0.1) is 6.92 Å². The normalized spacial score (nSPS) is 14.3. The molecule has 3 N–H and O–H groups in total. The average molecular weight is 427 g/mol. The van der Waals surface area contributed by atoms with Gasteiger partial charge in [0, 0.05) is 42.6 Å². The van der Waals surface area contributed by atoms with Gasteiger partial charge in [0.05, 0.1) is 0 Å². The Labute approximate surface area is 187 Å². The number of nitrogens with one attached hydrogen (secondary N) is 3. The summed E-state index contributed by atoms with van der Waals surface area (Å²) < 4.78 is 5.49. The van der Waals surface area contributed by atoms with Crippen LogP contribution in [0.1, 0.15) is 18.5 Å². The highest BCUT2D eigenvalue weighted by molar-refractivity contribution is 5.69. The molecule has 162 valence electrons. The predicted octanol–water partition coefficient (Wildman–Crippen LogP) is 5.18. The molecule has 7 nitrogen and oxygen atoms in total. The lowest BCUT2D eigenvalue weighted by Gasteiger charge is -2.24. The first-order chi connectivity index (χ1) is 15.7. The van der Waals surface area contributed by atoms with E-state index in [9.17, 15) is 0 Å². The van der Waals surface area contributed by atoms with Crippen molar-refractivity contribution in [3.63, 3.8) is 0 Å². The molecule has 0 unspecified atom stereocenters. The lowest BCUT2D eigenvalue weighted by molar-refractivity contribution is 0.0904. The monoisotopic (exact) mass is 426 g/mol. The smallest absolute Gasteiger partial charge is 0.163 e. The number of aryl methyl sites for hydroxylation is 1. The highest BCUT2D eigenvalue weighted by Crippen LogP contribution is 2.26. The van der Waals surface area contributed by atoms with Crippen LogP contribution in [-0.4, -0.2) is 39.4 Å². The average Bonchev–Trinajstić information content (AvgIpc) is 3.24. The molecule has 2 aromatic heterocycles. The zero-order chi connectivity index (χ0) is 21.8. The quantitative estimate of drug-likeness (QED) is 0.394. The number of H-pyrrole nitrogens is 1. The Kier molecular flexibility index (Phi) is 5.81. The maximum atomic E-state index is 5.49. The van der Waals surface area contributed by atoms with Gasteiger partial charge in [-0.2, -0.15) is 5.10 Å². The Bertz CT molecular complexity index is 1170. The third-order valence-corrected chi connectivity index (χ3v) is 5.51. The summed E-state index contributed by atoms with van der Waals surface area (Å²) in [6.07, 6.45) is 1.93. The Morgan fingerprint density at radius 3 is 2.22 bits per heavy atom. The van der Waals surface area contributed by atoms with Crippen molar-refractivity contribution in [1.82, 2.24) is 20.2 Å². The highest BCUT2D eigenvalue weighted by atomic mass is 16.5. The van der Waals surface area contributed by atoms with Crippen molar-refractivity contribution in [2.75, 3.05) is 23.8 Å². The molecule has 0 amide bonds. The Balaban J connectivity index is 1.45. The molecular weight excluding hydrogens is 400 g/mol. The van der Waals surface area contributed by atoms with E-state index in [1.165, 1.54) is 5.56 Å². The molecule has 5 rings (SSSR count). The molecular formula is C25H26N6O. The van der Waals surface area contributed by atoms with Crippen LogP contribution in [0.25, 0.3) is 22.5 Å². The maximum absolute atomic E-state index is 5.49. The van der Waals surface area contributed by atoms with Gasteiger partial charge >= 0.3 is 0 Å². The van der Waals surface area contributed by atoms with Gasteiger partial charge in [-0.3, -0.25) is 5.10 Å². The fourth-order valence-corrected chi connectivity index (χ4v) is 3.82. The summed E-state index contributed by atoms with van der Waals surface area (Å²) in [6, 6.07) is 22.9. The van der Waals surface area contributed by atoms with Crippen LogP contribution in [0.5, 0.6) is 0 Å². The fraction of sp³-hybridized carbons (Fsp3) is 0.240. The van der Waals surface area contributed by atoms with Crippen LogP contribution < -0.4 is 10.6 Å².